The molecule has 1 unspecified atom stereocenters. The van der Waals surface area contributed by atoms with Gasteiger partial charge in [0.25, 0.3) is 0 Å². The lowest BCUT2D eigenvalue weighted by Crippen LogP contribution is -2.29. The Hall–Kier alpha value is -1.66. The van der Waals surface area contributed by atoms with E-state index >= 15 is 0 Å². The summed E-state index contributed by atoms with van der Waals surface area (Å²) >= 11 is 0. The van der Waals surface area contributed by atoms with Crippen LogP contribution in [-0.4, -0.2) is 31.9 Å². The van der Waals surface area contributed by atoms with Gasteiger partial charge in [-0.3, -0.25) is 9.67 Å². The molecule has 2 aromatic rings. The minimum Gasteiger partial charge on any atom is -0.423 e. The number of fused-ring (bicyclic) bond motifs is 1. The number of hydrogen-bond donors (Lipinski definition) is 2. The highest BCUT2D eigenvalue weighted by molar-refractivity contribution is 6.58. The first kappa shape index (κ1) is 11.4. The van der Waals surface area contributed by atoms with Crippen LogP contribution in [0.1, 0.15) is 30.1 Å². The molecule has 0 radical (unpaired) electrons. The van der Waals surface area contributed by atoms with Gasteiger partial charge in [0.15, 0.2) is 0 Å². The largest absolute Gasteiger partial charge is 0.491 e. The van der Waals surface area contributed by atoms with Gasteiger partial charge in [-0.2, -0.15) is 5.10 Å². The van der Waals surface area contributed by atoms with Crippen molar-refractivity contribution in [1.29, 1.82) is 0 Å². The van der Waals surface area contributed by atoms with E-state index in [1.807, 2.05) is 6.07 Å². The zero-order valence-corrected chi connectivity index (χ0v) is 9.90. The van der Waals surface area contributed by atoms with E-state index in [4.69, 9.17) is 10.0 Å². The maximum atomic E-state index is 9.12. The highest BCUT2D eigenvalue weighted by Crippen LogP contribution is 2.30. The predicted molar refractivity (Wildman–Crippen MR) is 67.4 cm³/mol. The van der Waals surface area contributed by atoms with E-state index in [-0.39, 0.29) is 6.04 Å². The van der Waals surface area contributed by atoms with Crippen LogP contribution in [0, 0.1) is 0 Å². The third kappa shape index (κ3) is 1.93. The maximum absolute atomic E-state index is 9.12. The highest BCUT2D eigenvalue weighted by Gasteiger charge is 2.24. The third-order valence-corrected chi connectivity index (χ3v) is 3.40. The number of pyridine rings is 1. The van der Waals surface area contributed by atoms with Gasteiger partial charge in [-0.05, 0) is 30.9 Å². The molecule has 0 fully saturated rings. The van der Waals surface area contributed by atoms with Crippen molar-refractivity contribution >= 4 is 12.6 Å². The Kier molecular flexibility index (Phi) is 2.89. The van der Waals surface area contributed by atoms with Crippen LogP contribution < -0.4 is 5.46 Å². The molecule has 1 atom stereocenters. The van der Waals surface area contributed by atoms with Gasteiger partial charge in [0, 0.05) is 24.1 Å². The predicted octanol–water partition coefficient (Wildman–Crippen LogP) is -0.116. The molecule has 2 aromatic heterocycles. The average molecular weight is 243 g/mol. The van der Waals surface area contributed by atoms with Crippen molar-refractivity contribution < 1.29 is 10.0 Å². The third-order valence-electron chi connectivity index (χ3n) is 3.40. The number of aromatic nitrogens is 3. The Morgan fingerprint density at radius 2 is 2.28 bits per heavy atom. The van der Waals surface area contributed by atoms with Crippen molar-refractivity contribution in [3.05, 3.63) is 42.0 Å². The van der Waals surface area contributed by atoms with E-state index in [9.17, 15) is 0 Å². The van der Waals surface area contributed by atoms with E-state index in [2.05, 4.69) is 16.1 Å². The van der Waals surface area contributed by atoms with Crippen LogP contribution in [0.15, 0.2) is 30.7 Å². The molecule has 1 aliphatic rings. The lowest BCUT2D eigenvalue weighted by Gasteiger charge is -2.24. The standard InChI is InChI=1S/C12H14BN3O2/c17-13(18)10-7-15-16(8-10)11-5-1-3-9-4-2-6-14-12(9)11/h2,4,6-8,11,17-18H,1,3,5H2. The molecule has 2 heterocycles. The zero-order chi connectivity index (χ0) is 12.5. The van der Waals surface area contributed by atoms with Crippen LogP contribution in [0.3, 0.4) is 0 Å². The molecule has 0 aromatic carbocycles. The molecular formula is C12H14BN3O2. The Bertz CT molecular complexity index is 556. The Morgan fingerprint density at radius 3 is 3.06 bits per heavy atom. The van der Waals surface area contributed by atoms with Gasteiger partial charge in [0.2, 0.25) is 0 Å². The van der Waals surface area contributed by atoms with Crippen LogP contribution >= 0.6 is 0 Å². The molecule has 5 nitrogen and oxygen atoms in total. The van der Waals surface area contributed by atoms with Crippen molar-refractivity contribution in [3.63, 3.8) is 0 Å². The van der Waals surface area contributed by atoms with Crippen LogP contribution in [0.4, 0.5) is 0 Å². The molecule has 3 rings (SSSR count). The summed E-state index contributed by atoms with van der Waals surface area (Å²) in [6.45, 7) is 0. The van der Waals surface area contributed by atoms with Crippen molar-refractivity contribution in [2.75, 3.05) is 0 Å². The summed E-state index contributed by atoms with van der Waals surface area (Å²) in [4.78, 5) is 4.45. The molecule has 0 aliphatic heterocycles. The highest BCUT2D eigenvalue weighted by atomic mass is 16.4. The first-order chi connectivity index (χ1) is 8.75. The molecule has 0 bridgehead atoms. The first-order valence-corrected chi connectivity index (χ1v) is 6.09. The Morgan fingerprint density at radius 1 is 1.39 bits per heavy atom. The summed E-state index contributed by atoms with van der Waals surface area (Å²) in [7, 11) is -1.47. The first-order valence-electron chi connectivity index (χ1n) is 6.09. The smallest absolute Gasteiger partial charge is 0.423 e. The molecule has 0 amide bonds. The molecule has 6 heteroatoms. The normalized spacial score (nSPS) is 18.4. The quantitative estimate of drug-likeness (QED) is 0.721. The molecule has 1 aliphatic carbocycles. The van der Waals surface area contributed by atoms with E-state index in [0.717, 1.165) is 25.0 Å². The van der Waals surface area contributed by atoms with Crippen molar-refractivity contribution in [3.8, 4) is 0 Å². The fourth-order valence-corrected chi connectivity index (χ4v) is 2.50. The Balaban J connectivity index is 1.97. The molecule has 92 valence electrons. The fraction of sp³-hybridized carbons (Fsp3) is 0.333. The van der Waals surface area contributed by atoms with Crippen LogP contribution in [-0.2, 0) is 6.42 Å². The minimum atomic E-state index is -1.47. The monoisotopic (exact) mass is 243 g/mol. The van der Waals surface area contributed by atoms with Gasteiger partial charge in [0.1, 0.15) is 0 Å². The van der Waals surface area contributed by atoms with E-state index in [0.29, 0.717) is 5.46 Å². The van der Waals surface area contributed by atoms with Crippen molar-refractivity contribution in [2.24, 2.45) is 0 Å². The molecule has 2 N–H and O–H groups in total. The molecular weight excluding hydrogens is 229 g/mol. The lowest BCUT2D eigenvalue weighted by molar-refractivity contribution is 0.424. The minimum absolute atomic E-state index is 0.0995. The van der Waals surface area contributed by atoms with E-state index < -0.39 is 7.12 Å². The van der Waals surface area contributed by atoms with Crippen molar-refractivity contribution in [2.45, 2.75) is 25.3 Å². The second-order valence-electron chi connectivity index (χ2n) is 4.58. The molecule has 0 saturated heterocycles. The van der Waals surface area contributed by atoms with Gasteiger partial charge in [-0.15, -0.1) is 0 Å². The summed E-state index contributed by atoms with van der Waals surface area (Å²) in [6, 6.07) is 4.15. The maximum Gasteiger partial charge on any atom is 0.491 e. The number of rotatable bonds is 2. The van der Waals surface area contributed by atoms with Crippen LogP contribution in [0.25, 0.3) is 0 Å². The second kappa shape index (κ2) is 4.55. The van der Waals surface area contributed by atoms with E-state index in [1.165, 1.54) is 11.8 Å². The lowest BCUT2D eigenvalue weighted by atomic mass is 9.83. The number of hydrogen-bond acceptors (Lipinski definition) is 4. The number of nitrogens with zero attached hydrogens (tertiary/aromatic N) is 3. The second-order valence-corrected chi connectivity index (χ2v) is 4.58. The SMILES string of the molecule is OB(O)c1cnn(C2CCCc3cccnc32)c1. The molecule has 18 heavy (non-hydrogen) atoms. The Labute approximate surface area is 105 Å². The van der Waals surface area contributed by atoms with Gasteiger partial charge in [-0.25, -0.2) is 0 Å². The fourth-order valence-electron chi connectivity index (χ4n) is 2.50. The average Bonchev–Trinajstić information content (AvgIpc) is 2.87. The van der Waals surface area contributed by atoms with Crippen LogP contribution in [0.2, 0.25) is 0 Å². The van der Waals surface area contributed by atoms with Crippen molar-refractivity contribution in [1.82, 2.24) is 14.8 Å². The zero-order valence-electron chi connectivity index (χ0n) is 9.90. The topological polar surface area (TPSA) is 71.2 Å². The van der Waals surface area contributed by atoms with Gasteiger partial charge < -0.3 is 10.0 Å². The van der Waals surface area contributed by atoms with Gasteiger partial charge in [-0.1, -0.05) is 6.07 Å². The van der Waals surface area contributed by atoms with Crippen LogP contribution in [0.5, 0.6) is 0 Å². The molecule has 0 saturated carbocycles. The summed E-state index contributed by atoms with van der Waals surface area (Å²) in [5, 5.41) is 22.5. The summed E-state index contributed by atoms with van der Waals surface area (Å²) in [5.41, 5.74) is 2.72. The summed E-state index contributed by atoms with van der Waals surface area (Å²) in [5.74, 6) is 0. The molecule has 0 spiro atoms. The number of aryl methyl sites for hydroxylation is 1. The summed E-state index contributed by atoms with van der Waals surface area (Å²) < 4.78 is 1.78. The van der Waals surface area contributed by atoms with Gasteiger partial charge in [0.05, 0.1) is 11.7 Å². The summed E-state index contributed by atoms with van der Waals surface area (Å²) in [6.07, 6.45) is 8.09. The van der Waals surface area contributed by atoms with E-state index in [1.54, 1.807) is 17.1 Å². The van der Waals surface area contributed by atoms with Gasteiger partial charge >= 0.3 is 7.12 Å².